The summed E-state index contributed by atoms with van der Waals surface area (Å²) in [4.78, 5) is 4.27. The van der Waals surface area contributed by atoms with Crippen LogP contribution in [0.3, 0.4) is 0 Å². The Kier molecular flexibility index (Phi) is 3.60. The van der Waals surface area contributed by atoms with Gasteiger partial charge in [0.15, 0.2) is 0 Å². The van der Waals surface area contributed by atoms with E-state index in [4.69, 9.17) is 15.8 Å². The van der Waals surface area contributed by atoms with E-state index in [1.807, 2.05) is 25.1 Å². The summed E-state index contributed by atoms with van der Waals surface area (Å²) in [7, 11) is 0. The highest BCUT2D eigenvalue weighted by molar-refractivity contribution is 5.96. The van der Waals surface area contributed by atoms with E-state index in [2.05, 4.69) is 16.5 Å². The minimum atomic E-state index is 0.414. The van der Waals surface area contributed by atoms with Gasteiger partial charge in [0.25, 0.3) is 0 Å². The van der Waals surface area contributed by atoms with Crippen molar-refractivity contribution in [3.63, 3.8) is 0 Å². The number of anilines is 1. The van der Waals surface area contributed by atoms with Crippen LogP contribution in [0, 0.1) is 11.3 Å². The van der Waals surface area contributed by atoms with E-state index in [1.165, 1.54) is 6.20 Å². The number of aromatic nitrogens is 1. The number of hydrogen-bond acceptors (Lipinski definition) is 5. The van der Waals surface area contributed by atoms with E-state index in [0.717, 1.165) is 11.8 Å². The highest BCUT2D eigenvalue weighted by Crippen LogP contribution is 2.30. The molecule has 1 aromatic carbocycles. The second-order valence-electron chi connectivity index (χ2n) is 3.80. The van der Waals surface area contributed by atoms with Crippen molar-refractivity contribution < 1.29 is 4.74 Å². The third kappa shape index (κ3) is 2.06. The van der Waals surface area contributed by atoms with Crippen LogP contribution in [0.25, 0.3) is 10.9 Å². The number of pyridine rings is 1. The maximum Gasteiger partial charge on any atom is 0.145 e. The summed E-state index contributed by atoms with van der Waals surface area (Å²) in [6.45, 7) is 2.67. The number of nitrogens with zero attached hydrogens (tertiary/aromatic N) is 2. The topological polar surface area (TPSA) is 84.0 Å². The smallest absolute Gasteiger partial charge is 0.145 e. The molecule has 0 fully saturated rings. The second-order valence-corrected chi connectivity index (χ2v) is 3.80. The van der Waals surface area contributed by atoms with Crippen LogP contribution in [-0.2, 0) is 0 Å². The normalized spacial score (nSPS) is 10.1. The predicted octanol–water partition coefficient (Wildman–Crippen LogP) is 2.18. The van der Waals surface area contributed by atoms with Crippen molar-refractivity contribution in [2.45, 2.75) is 13.3 Å². The number of nitrogens with two attached hydrogens (primary N) is 1. The molecule has 0 spiro atoms. The van der Waals surface area contributed by atoms with Crippen molar-refractivity contribution >= 4 is 16.6 Å². The Morgan fingerprint density at radius 1 is 1.50 bits per heavy atom. The number of ether oxygens (including phenoxy) is 1. The van der Waals surface area contributed by atoms with Crippen LogP contribution < -0.4 is 16.0 Å². The Morgan fingerprint density at radius 3 is 3.00 bits per heavy atom. The number of fused-ring (bicyclic) bond motifs is 1. The molecule has 2 aromatic rings. The van der Waals surface area contributed by atoms with Crippen molar-refractivity contribution in [3.05, 3.63) is 30.0 Å². The lowest BCUT2D eigenvalue weighted by Crippen LogP contribution is -2.09. The average Bonchev–Trinajstić information content (AvgIpc) is 2.43. The summed E-state index contributed by atoms with van der Waals surface area (Å²) >= 11 is 0. The van der Waals surface area contributed by atoms with Gasteiger partial charge in [-0.05, 0) is 12.5 Å². The highest BCUT2D eigenvalue weighted by atomic mass is 16.5. The molecule has 0 amide bonds. The van der Waals surface area contributed by atoms with E-state index < -0.39 is 0 Å². The molecule has 0 saturated carbocycles. The lowest BCUT2D eigenvalue weighted by molar-refractivity contribution is 0.320. The van der Waals surface area contributed by atoms with E-state index in [1.54, 1.807) is 0 Å². The molecular formula is C13H14N4O. The second kappa shape index (κ2) is 5.34. The third-order valence-corrected chi connectivity index (χ3v) is 2.59. The molecule has 1 heterocycles. The van der Waals surface area contributed by atoms with Crippen molar-refractivity contribution in [3.8, 4) is 11.8 Å². The molecule has 0 bridgehead atoms. The van der Waals surface area contributed by atoms with Crippen LogP contribution in [0.15, 0.2) is 24.4 Å². The predicted molar refractivity (Wildman–Crippen MR) is 70.1 cm³/mol. The summed E-state index contributed by atoms with van der Waals surface area (Å²) in [6, 6.07) is 7.63. The number of nitrogens with one attached hydrogen (secondary N) is 1. The average molecular weight is 242 g/mol. The van der Waals surface area contributed by atoms with Gasteiger partial charge in [0.05, 0.1) is 17.9 Å². The van der Waals surface area contributed by atoms with Gasteiger partial charge in [-0.25, -0.2) is 0 Å². The number of nitrogen functional groups attached to an aromatic ring is 1. The van der Waals surface area contributed by atoms with Crippen LogP contribution in [-0.4, -0.2) is 11.6 Å². The standard InChI is InChI=1S/C13H14N4O/c1-2-6-18-11-5-3-4-10-12(17-15)9(7-14)8-16-13(10)11/h3-5,8H,2,6,15H2,1H3,(H,16,17). The van der Waals surface area contributed by atoms with Crippen LogP contribution in [0.5, 0.6) is 5.75 Å². The molecule has 3 N–H and O–H groups in total. The van der Waals surface area contributed by atoms with Crippen LogP contribution in [0.1, 0.15) is 18.9 Å². The first-order valence-electron chi connectivity index (χ1n) is 5.73. The van der Waals surface area contributed by atoms with Gasteiger partial charge in [0.1, 0.15) is 17.3 Å². The van der Waals surface area contributed by atoms with Gasteiger partial charge in [-0.3, -0.25) is 10.8 Å². The van der Waals surface area contributed by atoms with Crippen LogP contribution in [0.2, 0.25) is 0 Å². The summed E-state index contributed by atoms with van der Waals surface area (Å²) in [5.41, 5.74) is 4.25. The number of nitriles is 1. The van der Waals surface area contributed by atoms with Gasteiger partial charge in [-0.1, -0.05) is 19.1 Å². The van der Waals surface area contributed by atoms with Crippen LogP contribution in [0.4, 0.5) is 5.69 Å². The molecule has 92 valence electrons. The van der Waals surface area contributed by atoms with Gasteiger partial charge in [-0.15, -0.1) is 0 Å². The number of rotatable bonds is 4. The molecule has 0 aliphatic carbocycles. The van der Waals surface area contributed by atoms with E-state index in [9.17, 15) is 0 Å². The maximum atomic E-state index is 9.00. The van der Waals surface area contributed by atoms with Crippen LogP contribution >= 0.6 is 0 Å². The summed E-state index contributed by atoms with van der Waals surface area (Å²) < 4.78 is 5.63. The lowest BCUT2D eigenvalue weighted by atomic mass is 10.1. The van der Waals surface area contributed by atoms with Crippen molar-refractivity contribution in [2.75, 3.05) is 12.0 Å². The number of para-hydroxylation sites is 1. The maximum absolute atomic E-state index is 9.00. The summed E-state index contributed by atoms with van der Waals surface area (Å²) in [5.74, 6) is 6.18. The van der Waals surface area contributed by atoms with Crippen molar-refractivity contribution in [1.29, 1.82) is 5.26 Å². The lowest BCUT2D eigenvalue weighted by Gasteiger charge is -2.11. The molecule has 0 radical (unpaired) electrons. The van der Waals surface area contributed by atoms with E-state index in [-0.39, 0.29) is 0 Å². The molecule has 5 nitrogen and oxygen atoms in total. The minimum absolute atomic E-state index is 0.414. The molecule has 0 atom stereocenters. The Hall–Kier alpha value is -2.32. The molecule has 18 heavy (non-hydrogen) atoms. The van der Waals surface area contributed by atoms with Gasteiger partial charge < -0.3 is 10.2 Å². The van der Waals surface area contributed by atoms with E-state index >= 15 is 0 Å². The molecule has 0 aliphatic heterocycles. The number of hydrazine groups is 1. The molecule has 0 saturated heterocycles. The zero-order chi connectivity index (χ0) is 13.0. The number of benzene rings is 1. The fourth-order valence-electron chi connectivity index (χ4n) is 1.76. The van der Waals surface area contributed by atoms with Gasteiger partial charge >= 0.3 is 0 Å². The first-order chi connectivity index (χ1) is 8.81. The molecular weight excluding hydrogens is 228 g/mol. The summed E-state index contributed by atoms with van der Waals surface area (Å²) in [5, 5.41) is 9.79. The van der Waals surface area contributed by atoms with Gasteiger partial charge in [0.2, 0.25) is 0 Å². The molecule has 0 aliphatic rings. The largest absolute Gasteiger partial charge is 0.491 e. The van der Waals surface area contributed by atoms with Crippen molar-refractivity contribution in [2.24, 2.45) is 5.84 Å². The Bertz CT molecular complexity index is 604. The zero-order valence-electron chi connectivity index (χ0n) is 10.1. The zero-order valence-corrected chi connectivity index (χ0v) is 10.1. The van der Waals surface area contributed by atoms with Gasteiger partial charge in [0, 0.05) is 11.6 Å². The molecule has 5 heteroatoms. The highest BCUT2D eigenvalue weighted by Gasteiger charge is 2.10. The first-order valence-corrected chi connectivity index (χ1v) is 5.73. The Morgan fingerprint density at radius 2 is 2.33 bits per heavy atom. The fourth-order valence-corrected chi connectivity index (χ4v) is 1.76. The molecule has 1 aromatic heterocycles. The van der Waals surface area contributed by atoms with Gasteiger partial charge in [-0.2, -0.15) is 5.26 Å². The quantitative estimate of drug-likeness (QED) is 0.634. The fraction of sp³-hybridized carbons (Fsp3) is 0.231. The van der Waals surface area contributed by atoms with E-state index in [0.29, 0.717) is 29.1 Å². The first kappa shape index (κ1) is 12.1. The monoisotopic (exact) mass is 242 g/mol. The Balaban J connectivity index is 2.62. The SMILES string of the molecule is CCCOc1cccc2c(NN)c(C#N)cnc12. The number of hydrogen-bond donors (Lipinski definition) is 2. The third-order valence-electron chi connectivity index (χ3n) is 2.59. The molecule has 0 unspecified atom stereocenters. The minimum Gasteiger partial charge on any atom is -0.491 e. The summed E-state index contributed by atoms with van der Waals surface area (Å²) in [6.07, 6.45) is 2.42. The molecule has 2 rings (SSSR count). The van der Waals surface area contributed by atoms with Crippen molar-refractivity contribution in [1.82, 2.24) is 4.98 Å². The Labute approximate surface area is 105 Å².